The Labute approximate surface area is 87.6 Å². The second-order valence-corrected chi connectivity index (χ2v) is 3.76. The lowest BCUT2D eigenvalue weighted by atomic mass is 10.1. The monoisotopic (exact) mass is 190 g/mol. The van der Waals surface area contributed by atoms with Crippen molar-refractivity contribution in [3.8, 4) is 0 Å². The van der Waals surface area contributed by atoms with Crippen LogP contribution in [0.3, 0.4) is 0 Å². The van der Waals surface area contributed by atoms with Gasteiger partial charge in [0.25, 0.3) is 0 Å². The SMILES string of the molecule is CCCCc1c[c]cc(CCCC)n1. The summed E-state index contributed by atoms with van der Waals surface area (Å²) in [7, 11) is 0. The Kier molecular flexibility index (Phi) is 5.28. The largest absolute Gasteiger partial charge is 0.258 e. The van der Waals surface area contributed by atoms with Crippen LogP contribution < -0.4 is 0 Å². The first-order valence-electron chi connectivity index (χ1n) is 5.72. The number of rotatable bonds is 6. The van der Waals surface area contributed by atoms with Crippen molar-refractivity contribution in [2.24, 2.45) is 0 Å². The molecule has 0 aromatic carbocycles. The highest BCUT2D eigenvalue weighted by molar-refractivity contribution is 5.10. The van der Waals surface area contributed by atoms with Gasteiger partial charge in [0.2, 0.25) is 0 Å². The second kappa shape index (κ2) is 6.58. The predicted molar refractivity (Wildman–Crippen MR) is 60.3 cm³/mol. The third-order valence-electron chi connectivity index (χ3n) is 2.36. The van der Waals surface area contributed by atoms with E-state index in [1.54, 1.807) is 0 Å². The average molecular weight is 190 g/mol. The van der Waals surface area contributed by atoms with Gasteiger partial charge < -0.3 is 0 Å². The molecule has 0 amide bonds. The van der Waals surface area contributed by atoms with Crippen molar-refractivity contribution in [2.45, 2.75) is 52.4 Å². The fourth-order valence-electron chi connectivity index (χ4n) is 1.45. The molecule has 1 nitrogen and oxygen atoms in total. The van der Waals surface area contributed by atoms with Gasteiger partial charge in [0.15, 0.2) is 0 Å². The lowest BCUT2D eigenvalue weighted by molar-refractivity contribution is 0.745. The summed E-state index contributed by atoms with van der Waals surface area (Å²) in [5, 5.41) is 0. The molecule has 14 heavy (non-hydrogen) atoms. The number of unbranched alkanes of at least 4 members (excludes halogenated alkanes) is 2. The van der Waals surface area contributed by atoms with Crippen LogP contribution in [0.25, 0.3) is 0 Å². The molecule has 1 radical (unpaired) electrons. The first kappa shape index (κ1) is 11.2. The van der Waals surface area contributed by atoms with Crippen LogP contribution in [0.1, 0.15) is 50.9 Å². The molecule has 1 heterocycles. The van der Waals surface area contributed by atoms with Gasteiger partial charge in [-0.2, -0.15) is 0 Å². The highest BCUT2D eigenvalue weighted by atomic mass is 14.7. The molecule has 1 rings (SSSR count). The van der Waals surface area contributed by atoms with Crippen molar-refractivity contribution >= 4 is 0 Å². The van der Waals surface area contributed by atoms with Crippen LogP contribution in [0.5, 0.6) is 0 Å². The minimum atomic E-state index is 1.10. The maximum atomic E-state index is 4.62. The van der Waals surface area contributed by atoms with Crippen molar-refractivity contribution in [3.63, 3.8) is 0 Å². The maximum absolute atomic E-state index is 4.62. The Bertz CT molecular complexity index is 232. The van der Waals surface area contributed by atoms with Crippen LogP contribution in [-0.4, -0.2) is 4.98 Å². The predicted octanol–water partition coefficient (Wildman–Crippen LogP) is 3.57. The Balaban J connectivity index is 2.50. The van der Waals surface area contributed by atoms with E-state index in [9.17, 15) is 0 Å². The van der Waals surface area contributed by atoms with Crippen LogP contribution in [0.15, 0.2) is 12.1 Å². The molecule has 0 atom stereocenters. The van der Waals surface area contributed by atoms with Crippen molar-refractivity contribution in [1.29, 1.82) is 0 Å². The highest BCUT2D eigenvalue weighted by Crippen LogP contribution is 2.06. The Morgan fingerprint density at radius 1 is 1.00 bits per heavy atom. The molecule has 0 saturated heterocycles. The average Bonchev–Trinajstić information content (AvgIpc) is 2.24. The van der Waals surface area contributed by atoms with E-state index in [2.05, 4.69) is 24.9 Å². The first-order chi connectivity index (χ1) is 6.86. The topological polar surface area (TPSA) is 12.9 Å². The molecule has 0 bridgehead atoms. The summed E-state index contributed by atoms with van der Waals surface area (Å²) in [6.45, 7) is 4.43. The van der Waals surface area contributed by atoms with E-state index in [0.29, 0.717) is 0 Å². The summed E-state index contributed by atoms with van der Waals surface area (Å²) in [6, 6.07) is 7.22. The molecule has 1 aromatic rings. The summed E-state index contributed by atoms with van der Waals surface area (Å²) in [4.78, 5) is 4.62. The third-order valence-corrected chi connectivity index (χ3v) is 2.36. The fraction of sp³-hybridized carbons (Fsp3) is 0.615. The van der Waals surface area contributed by atoms with Crippen LogP contribution >= 0.6 is 0 Å². The van der Waals surface area contributed by atoms with Crippen molar-refractivity contribution < 1.29 is 0 Å². The number of aromatic nitrogens is 1. The molecule has 0 saturated carbocycles. The van der Waals surface area contributed by atoms with E-state index in [1.165, 1.54) is 37.1 Å². The van der Waals surface area contributed by atoms with Gasteiger partial charge in [-0.15, -0.1) is 0 Å². The fourth-order valence-corrected chi connectivity index (χ4v) is 1.45. The molecule has 0 aliphatic rings. The molecular formula is C13H20N. The smallest absolute Gasteiger partial charge is 0.0413 e. The number of pyridine rings is 1. The van der Waals surface area contributed by atoms with E-state index in [-0.39, 0.29) is 0 Å². The van der Waals surface area contributed by atoms with E-state index in [1.807, 2.05) is 12.1 Å². The molecule has 0 spiro atoms. The molecule has 0 aliphatic heterocycles. The summed E-state index contributed by atoms with van der Waals surface area (Å²) in [5.41, 5.74) is 2.42. The Hall–Kier alpha value is -0.850. The number of hydrogen-bond donors (Lipinski definition) is 0. The van der Waals surface area contributed by atoms with Crippen LogP contribution in [-0.2, 0) is 12.8 Å². The molecule has 77 valence electrons. The van der Waals surface area contributed by atoms with Crippen molar-refractivity contribution in [1.82, 2.24) is 4.98 Å². The van der Waals surface area contributed by atoms with E-state index in [4.69, 9.17) is 0 Å². The van der Waals surface area contributed by atoms with Gasteiger partial charge in [-0.25, -0.2) is 0 Å². The Morgan fingerprint density at radius 2 is 1.50 bits per heavy atom. The molecule has 1 heteroatoms. The summed E-state index contributed by atoms with van der Waals surface area (Å²) in [5.74, 6) is 0. The minimum absolute atomic E-state index is 1.10. The van der Waals surface area contributed by atoms with Gasteiger partial charge in [0.1, 0.15) is 0 Å². The summed E-state index contributed by atoms with van der Waals surface area (Å²) < 4.78 is 0. The zero-order chi connectivity index (χ0) is 10.2. The van der Waals surface area contributed by atoms with Crippen molar-refractivity contribution in [2.75, 3.05) is 0 Å². The van der Waals surface area contributed by atoms with Gasteiger partial charge in [-0.1, -0.05) is 26.7 Å². The van der Waals surface area contributed by atoms with E-state index in [0.717, 1.165) is 12.8 Å². The van der Waals surface area contributed by atoms with Gasteiger partial charge in [0, 0.05) is 11.4 Å². The number of hydrogen-bond acceptors (Lipinski definition) is 1. The zero-order valence-corrected chi connectivity index (χ0v) is 9.34. The lowest BCUT2D eigenvalue weighted by Crippen LogP contribution is -1.95. The van der Waals surface area contributed by atoms with Gasteiger partial charge in [-0.05, 0) is 43.9 Å². The molecule has 0 fully saturated rings. The quantitative estimate of drug-likeness (QED) is 0.668. The molecular weight excluding hydrogens is 170 g/mol. The third kappa shape index (κ3) is 3.91. The molecule has 0 unspecified atom stereocenters. The lowest BCUT2D eigenvalue weighted by Gasteiger charge is -2.02. The number of nitrogens with zero attached hydrogens (tertiary/aromatic N) is 1. The second-order valence-electron chi connectivity index (χ2n) is 3.76. The highest BCUT2D eigenvalue weighted by Gasteiger charge is 1.97. The normalized spacial score (nSPS) is 10.4. The number of aryl methyl sites for hydroxylation is 2. The standard InChI is InChI=1S/C13H20N/c1-3-5-8-12-10-7-11-13(14-12)9-6-4-2/h10-11H,3-6,8-9H2,1-2H3. The maximum Gasteiger partial charge on any atom is 0.0413 e. The van der Waals surface area contributed by atoms with E-state index < -0.39 is 0 Å². The minimum Gasteiger partial charge on any atom is -0.258 e. The first-order valence-corrected chi connectivity index (χ1v) is 5.72. The van der Waals surface area contributed by atoms with Gasteiger partial charge >= 0.3 is 0 Å². The van der Waals surface area contributed by atoms with Gasteiger partial charge in [0.05, 0.1) is 0 Å². The molecule has 1 aromatic heterocycles. The molecule has 0 aliphatic carbocycles. The van der Waals surface area contributed by atoms with Gasteiger partial charge in [-0.3, -0.25) is 4.98 Å². The van der Waals surface area contributed by atoms with Crippen LogP contribution in [0, 0.1) is 6.07 Å². The zero-order valence-electron chi connectivity index (χ0n) is 9.34. The van der Waals surface area contributed by atoms with Crippen molar-refractivity contribution in [3.05, 3.63) is 29.6 Å². The van der Waals surface area contributed by atoms with Crippen LogP contribution in [0.4, 0.5) is 0 Å². The molecule has 0 N–H and O–H groups in total. The van der Waals surface area contributed by atoms with E-state index >= 15 is 0 Å². The Morgan fingerprint density at radius 3 is 1.93 bits per heavy atom. The summed E-state index contributed by atoms with van der Waals surface area (Å²) in [6.07, 6.45) is 7.15. The van der Waals surface area contributed by atoms with Crippen LogP contribution in [0.2, 0.25) is 0 Å². The summed E-state index contributed by atoms with van der Waals surface area (Å²) >= 11 is 0.